The minimum Gasteiger partial charge on any atom is -0.384 e. The van der Waals surface area contributed by atoms with Crippen molar-refractivity contribution in [2.75, 3.05) is 31.7 Å². The molecule has 1 aromatic heterocycles. The van der Waals surface area contributed by atoms with Gasteiger partial charge in [-0.15, -0.1) is 0 Å². The number of ether oxygens (including phenoxy) is 1. The van der Waals surface area contributed by atoms with Crippen LogP contribution in [-0.2, 0) is 4.74 Å². The minimum absolute atomic E-state index is 0.0766. The summed E-state index contributed by atoms with van der Waals surface area (Å²) in [6.45, 7) is 4.60. The van der Waals surface area contributed by atoms with Crippen LogP contribution in [0.2, 0.25) is 0 Å². The largest absolute Gasteiger partial charge is 0.384 e. The molecule has 1 unspecified atom stereocenters. The van der Waals surface area contributed by atoms with Gasteiger partial charge >= 0.3 is 0 Å². The lowest BCUT2D eigenvalue weighted by Gasteiger charge is -2.20. The van der Waals surface area contributed by atoms with E-state index in [0.717, 1.165) is 43.2 Å². The number of nitrogens with one attached hydrogen (secondary N) is 1. The van der Waals surface area contributed by atoms with Gasteiger partial charge in [-0.1, -0.05) is 0 Å². The zero-order chi connectivity index (χ0) is 13.1. The van der Waals surface area contributed by atoms with Gasteiger partial charge in [0.25, 0.3) is 0 Å². The first-order valence-electron chi connectivity index (χ1n) is 6.17. The van der Waals surface area contributed by atoms with Gasteiger partial charge in [0.1, 0.15) is 11.7 Å². The van der Waals surface area contributed by atoms with E-state index in [-0.39, 0.29) is 5.84 Å². The zero-order valence-electron chi connectivity index (χ0n) is 10.9. The summed E-state index contributed by atoms with van der Waals surface area (Å²) < 4.78 is 5.20. The molecule has 0 amide bonds. The molecule has 5 nitrogen and oxygen atoms in total. The zero-order valence-corrected chi connectivity index (χ0v) is 10.9. The van der Waals surface area contributed by atoms with Crippen molar-refractivity contribution in [3.05, 3.63) is 23.4 Å². The van der Waals surface area contributed by atoms with Crippen LogP contribution in [0.1, 0.15) is 17.7 Å². The van der Waals surface area contributed by atoms with E-state index in [1.807, 2.05) is 19.1 Å². The summed E-state index contributed by atoms with van der Waals surface area (Å²) in [5.41, 5.74) is 7.29. The van der Waals surface area contributed by atoms with Gasteiger partial charge in [-0.05, 0) is 25.5 Å². The summed E-state index contributed by atoms with van der Waals surface area (Å²) in [4.78, 5) is 6.74. The highest BCUT2D eigenvalue weighted by atomic mass is 16.5. The Balaban J connectivity index is 2.23. The Morgan fingerprint density at radius 3 is 3.06 bits per heavy atom. The second kappa shape index (κ2) is 5.35. The molecule has 2 rings (SSSR count). The van der Waals surface area contributed by atoms with Crippen molar-refractivity contribution in [1.29, 1.82) is 5.41 Å². The van der Waals surface area contributed by atoms with Crippen LogP contribution >= 0.6 is 0 Å². The van der Waals surface area contributed by atoms with Gasteiger partial charge in [-0.2, -0.15) is 0 Å². The number of nitrogens with zero attached hydrogens (tertiary/aromatic N) is 2. The second-order valence-corrected chi connectivity index (χ2v) is 4.79. The number of aryl methyl sites for hydroxylation is 1. The fourth-order valence-corrected chi connectivity index (χ4v) is 2.39. The highest BCUT2D eigenvalue weighted by Crippen LogP contribution is 2.25. The molecule has 18 heavy (non-hydrogen) atoms. The number of anilines is 1. The van der Waals surface area contributed by atoms with Crippen molar-refractivity contribution in [1.82, 2.24) is 4.98 Å². The molecule has 2 heterocycles. The van der Waals surface area contributed by atoms with E-state index in [1.165, 1.54) is 0 Å². The van der Waals surface area contributed by atoms with E-state index in [1.54, 1.807) is 7.11 Å². The summed E-state index contributed by atoms with van der Waals surface area (Å²) in [6.07, 6.45) is 1.10. The first-order chi connectivity index (χ1) is 8.61. The number of aromatic nitrogens is 1. The van der Waals surface area contributed by atoms with Crippen LogP contribution in [0.25, 0.3) is 0 Å². The van der Waals surface area contributed by atoms with Gasteiger partial charge in [0.15, 0.2) is 0 Å². The molecule has 1 fully saturated rings. The number of nitrogen functional groups attached to an aromatic ring is 1. The van der Waals surface area contributed by atoms with Crippen molar-refractivity contribution in [2.45, 2.75) is 13.3 Å². The molecule has 0 radical (unpaired) electrons. The van der Waals surface area contributed by atoms with Gasteiger partial charge in [0, 0.05) is 31.8 Å². The van der Waals surface area contributed by atoms with E-state index in [0.29, 0.717) is 5.92 Å². The number of rotatable bonds is 4. The maximum absolute atomic E-state index is 7.63. The lowest BCUT2D eigenvalue weighted by atomic mass is 10.1. The summed E-state index contributed by atoms with van der Waals surface area (Å²) in [5.74, 6) is 1.45. The molecular formula is C13H20N4O. The maximum Gasteiger partial charge on any atom is 0.139 e. The van der Waals surface area contributed by atoms with Gasteiger partial charge in [0.2, 0.25) is 0 Å². The molecule has 1 saturated heterocycles. The predicted molar refractivity (Wildman–Crippen MR) is 72.2 cm³/mol. The molecule has 0 aromatic carbocycles. The predicted octanol–water partition coefficient (Wildman–Crippen LogP) is 1.15. The van der Waals surface area contributed by atoms with E-state index >= 15 is 0 Å². The number of amidine groups is 1. The smallest absolute Gasteiger partial charge is 0.139 e. The van der Waals surface area contributed by atoms with Crippen molar-refractivity contribution in [2.24, 2.45) is 11.7 Å². The Kier molecular flexibility index (Phi) is 3.81. The SMILES string of the molecule is COCC1CCN(c2nc(C)ccc2C(=N)N)C1. The molecule has 1 aliphatic rings. The summed E-state index contributed by atoms with van der Waals surface area (Å²) in [6, 6.07) is 3.77. The Labute approximate surface area is 107 Å². The lowest BCUT2D eigenvalue weighted by Crippen LogP contribution is -2.26. The fourth-order valence-electron chi connectivity index (χ4n) is 2.39. The van der Waals surface area contributed by atoms with Gasteiger partial charge in [-0.3, -0.25) is 5.41 Å². The van der Waals surface area contributed by atoms with Crippen LogP contribution in [0, 0.1) is 18.3 Å². The third kappa shape index (κ3) is 2.61. The molecule has 1 aromatic rings. The quantitative estimate of drug-likeness (QED) is 0.619. The number of nitrogens with two attached hydrogens (primary N) is 1. The van der Waals surface area contributed by atoms with Crippen LogP contribution < -0.4 is 10.6 Å². The summed E-state index contributed by atoms with van der Waals surface area (Å²) in [7, 11) is 1.73. The van der Waals surface area contributed by atoms with E-state index in [2.05, 4.69) is 9.88 Å². The number of hydrogen-bond acceptors (Lipinski definition) is 4. The highest BCUT2D eigenvalue weighted by Gasteiger charge is 2.25. The topological polar surface area (TPSA) is 75.2 Å². The van der Waals surface area contributed by atoms with Crippen molar-refractivity contribution in [3.8, 4) is 0 Å². The second-order valence-electron chi connectivity index (χ2n) is 4.79. The Morgan fingerprint density at radius 2 is 2.39 bits per heavy atom. The first kappa shape index (κ1) is 12.8. The van der Waals surface area contributed by atoms with Crippen LogP contribution in [0.4, 0.5) is 5.82 Å². The lowest BCUT2D eigenvalue weighted by molar-refractivity contribution is 0.161. The molecule has 3 N–H and O–H groups in total. The average molecular weight is 248 g/mol. The molecular weight excluding hydrogens is 228 g/mol. The van der Waals surface area contributed by atoms with Gasteiger partial charge in [0.05, 0.1) is 12.2 Å². The number of hydrogen-bond donors (Lipinski definition) is 2. The van der Waals surface area contributed by atoms with Crippen LogP contribution in [0.15, 0.2) is 12.1 Å². The molecule has 0 saturated carbocycles. The third-order valence-corrected chi connectivity index (χ3v) is 3.29. The van der Waals surface area contributed by atoms with E-state index in [9.17, 15) is 0 Å². The maximum atomic E-state index is 7.63. The van der Waals surface area contributed by atoms with Crippen molar-refractivity contribution >= 4 is 11.7 Å². The molecule has 0 bridgehead atoms. The standard InChI is InChI=1S/C13H20N4O/c1-9-3-4-11(12(14)15)13(16-9)17-6-5-10(7-17)8-18-2/h3-4,10H,5-8H2,1-2H3,(H3,14,15). The van der Waals surface area contributed by atoms with E-state index in [4.69, 9.17) is 15.9 Å². The normalized spacial score (nSPS) is 19.2. The van der Waals surface area contributed by atoms with E-state index < -0.39 is 0 Å². The van der Waals surface area contributed by atoms with Crippen molar-refractivity contribution < 1.29 is 4.74 Å². The molecule has 0 aliphatic carbocycles. The monoisotopic (exact) mass is 248 g/mol. The van der Waals surface area contributed by atoms with Crippen molar-refractivity contribution in [3.63, 3.8) is 0 Å². The molecule has 1 atom stereocenters. The van der Waals surface area contributed by atoms with Crippen LogP contribution in [0.5, 0.6) is 0 Å². The van der Waals surface area contributed by atoms with Crippen LogP contribution in [-0.4, -0.2) is 37.6 Å². The number of methoxy groups -OCH3 is 1. The van der Waals surface area contributed by atoms with Gasteiger partial charge < -0.3 is 15.4 Å². The Hall–Kier alpha value is -1.62. The average Bonchev–Trinajstić information content (AvgIpc) is 2.77. The van der Waals surface area contributed by atoms with Gasteiger partial charge in [-0.25, -0.2) is 4.98 Å². The molecule has 98 valence electrons. The Bertz CT molecular complexity index is 447. The summed E-state index contributed by atoms with van der Waals surface area (Å²) >= 11 is 0. The molecule has 0 spiro atoms. The Morgan fingerprint density at radius 1 is 1.61 bits per heavy atom. The summed E-state index contributed by atoms with van der Waals surface area (Å²) in [5, 5.41) is 7.63. The minimum atomic E-state index is 0.0766. The third-order valence-electron chi connectivity index (χ3n) is 3.29. The molecule has 1 aliphatic heterocycles. The first-order valence-corrected chi connectivity index (χ1v) is 6.17. The number of pyridine rings is 1. The fraction of sp³-hybridized carbons (Fsp3) is 0.538. The van der Waals surface area contributed by atoms with Crippen LogP contribution in [0.3, 0.4) is 0 Å². The molecule has 5 heteroatoms. The highest BCUT2D eigenvalue weighted by molar-refractivity contribution is 5.99.